The Labute approximate surface area is 145 Å². The molecule has 2 atom stereocenters. The lowest BCUT2D eigenvalue weighted by atomic mass is 9.73. The van der Waals surface area contributed by atoms with E-state index in [4.69, 9.17) is 0 Å². The summed E-state index contributed by atoms with van der Waals surface area (Å²) in [4.78, 5) is 38.2. The van der Waals surface area contributed by atoms with Gasteiger partial charge in [0.05, 0.1) is 5.69 Å². The van der Waals surface area contributed by atoms with Crippen molar-refractivity contribution in [3.05, 3.63) is 29.6 Å². The van der Waals surface area contributed by atoms with E-state index >= 15 is 0 Å². The monoisotopic (exact) mass is 347 g/mol. The Kier molecular flexibility index (Phi) is 4.49. The van der Waals surface area contributed by atoms with Gasteiger partial charge in [0.25, 0.3) is 5.91 Å². The van der Waals surface area contributed by atoms with Crippen molar-refractivity contribution in [2.75, 3.05) is 11.9 Å². The molecule has 0 aromatic heterocycles. The highest BCUT2D eigenvalue weighted by atomic mass is 19.1. The number of aryl methyl sites for hydroxylation is 1. The van der Waals surface area contributed by atoms with Gasteiger partial charge in [-0.25, -0.2) is 9.18 Å². The first kappa shape index (κ1) is 17.4. The molecule has 3 rings (SSSR count). The number of imide groups is 1. The van der Waals surface area contributed by atoms with Gasteiger partial charge >= 0.3 is 6.03 Å². The minimum absolute atomic E-state index is 0.0281. The molecule has 7 heteroatoms. The van der Waals surface area contributed by atoms with Crippen LogP contribution in [0.1, 0.15) is 38.2 Å². The quantitative estimate of drug-likeness (QED) is 0.825. The number of amides is 4. The molecule has 0 unspecified atom stereocenters. The molecule has 1 spiro atoms. The van der Waals surface area contributed by atoms with Crippen LogP contribution in [0.2, 0.25) is 0 Å². The topological polar surface area (TPSA) is 78.5 Å². The van der Waals surface area contributed by atoms with Crippen molar-refractivity contribution in [3.63, 3.8) is 0 Å². The molecule has 1 aromatic rings. The van der Waals surface area contributed by atoms with Crippen molar-refractivity contribution < 1.29 is 18.8 Å². The third-order valence-corrected chi connectivity index (χ3v) is 5.20. The Bertz CT molecular complexity index is 736. The number of carbonyl (C=O) groups excluding carboxylic acids is 3. The van der Waals surface area contributed by atoms with Crippen molar-refractivity contribution in [3.8, 4) is 0 Å². The number of nitrogens with zero attached hydrogens (tertiary/aromatic N) is 1. The molecule has 2 N–H and O–H groups in total. The first-order valence-corrected chi connectivity index (χ1v) is 8.53. The molecule has 134 valence electrons. The van der Waals surface area contributed by atoms with Crippen LogP contribution in [0.25, 0.3) is 0 Å². The number of nitrogens with one attached hydrogen (secondary N) is 2. The molecule has 1 aliphatic heterocycles. The zero-order chi connectivity index (χ0) is 18.2. The largest absolute Gasteiger partial charge is 0.325 e. The van der Waals surface area contributed by atoms with Gasteiger partial charge in [-0.05, 0) is 43.4 Å². The summed E-state index contributed by atoms with van der Waals surface area (Å²) in [5.74, 6) is -1.49. The number of carbonyl (C=O) groups is 3. The molecule has 2 aliphatic rings. The fourth-order valence-corrected chi connectivity index (χ4v) is 3.69. The van der Waals surface area contributed by atoms with Crippen LogP contribution < -0.4 is 10.6 Å². The summed E-state index contributed by atoms with van der Waals surface area (Å²) < 4.78 is 13.8. The van der Waals surface area contributed by atoms with Gasteiger partial charge in [0.2, 0.25) is 5.91 Å². The fraction of sp³-hybridized carbons (Fsp3) is 0.500. The van der Waals surface area contributed by atoms with Gasteiger partial charge in [-0.15, -0.1) is 0 Å². The summed E-state index contributed by atoms with van der Waals surface area (Å²) in [5.41, 5.74) is -0.133. The standard InChI is InChI=1S/C18H22FN3O3/c1-11-6-7-14(13(19)9-11)20-15(23)10-22-16(24)18(21-17(22)25)8-4-3-5-12(18)2/h6-7,9,12H,3-5,8,10H2,1-2H3,(H,20,23)(H,21,25)/t12-,18-/m0/s1. The van der Waals surface area contributed by atoms with E-state index in [1.165, 1.54) is 12.1 Å². The summed E-state index contributed by atoms with van der Waals surface area (Å²) >= 11 is 0. The fourth-order valence-electron chi connectivity index (χ4n) is 3.69. The smallest absolute Gasteiger partial charge is 0.323 e. The van der Waals surface area contributed by atoms with Crippen LogP contribution in [0.5, 0.6) is 0 Å². The molecule has 1 saturated heterocycles. The Morgan fingerprint density at radius 2 is 2.16 bits per heavy atom. The van der Waals surface area contributed by atoms with Crippen molar-refractivity contribution >= 4 is 23.5 Å². The number of hydrogen-bond acceptors (Lipinski definition) is 3. The van der Waals surface area contributed by atoms with Crippen LogP contribution in [0.15, 0.2) is 18.2 Å². The van der Waals surface area contributed by atoms with Crippen molar-refractivity contribution in [2.45, 2.75) is 45.1 Å². The molecule has 1 saturated carbocycles. The van der Waals surface area contributed by atoms with E-state index in [0.29, 0.717) is 6.42 Å². The Morgan fingerprint density at radius 1 is 1.40 bits per heavy atom. The summed E-state index contributed by atoms with van der Waals surface area (Å²) in [6, 6.07) is 3.88. The Hall–Kier alpha value is -2.44. The van der Waals surface area contributed by atoms with Crippen molar-refractivity contribution in [1.82, 2.24) is 10.2 Å². The second kappa shape index (κ2) is 6.46. The molecular formula is C18H22FN3O3. The maximum absolute atomic E-state index is 13.8. The molecule has 1 aromatic carbocycles. The highest BCUT2D eigenvalue weighted by molar-refractivity contribution is 6.10. The van der Waals surface area contributed by atoms with Crippen LogP contribution in [0.3, 0.4) is 0 Å². The Balaban J connectivity index is 1.71. The lowest BCUT2D eigenvalue weighted by Gasteiger charge is -2.36. The number of anilines is 1. The Morgan fingerprint density at radius 3 is 2.84 bits per heavy atom. The van der Waals surface area contributed by atoms with Gasteiger partial charge < -0.3 is 10.6 Å². The van der Waals surface area contributed by atoms with Crippen molar-refractivity contribution in [2.24, 2.45) is 5.92 Å². The average molecular weight is 347 g/mol. The molecule has 2 fully saturated rings. The van der Waals surface area contributed by atoms with Gasteiger partial charge in [-0.3, -0.25) is 14.5 Å². The summed E-state index contributed by atoms with van der Waals surface area (Å²) in [6.07, 6.45) is 3.34. The van der Waals surface area contributed by atoms with E-state index in [1.54, 1.807) is 13.0 Å². The molecule has 1 aliphatic carbocycles. The number of halogens is 1. The molecular weight excluding hydrogens is 325 g/mol. The van der Waals surface area contributed by atoms with E-state index in [9.17, 15) is 18.8 Å². The lowest BCUT2D eigenvalue weighted by Crippen LogP contribution is -2.54. The summed E-state index contributed by atoms with van der Waals surface area (Å²) in [6.45, 7) is 3.27. The van der Waals surface area contributed by atoms with Crippen LogP contribution in [0.4, 0.5) is 14.9 Å². The van der Waals surface area contributed by atoms with E-state index < -0.39 is 29.8 Å². The first-order valence-electron chi connectivity index (χ1n) is 8.53. The lowest BCUT2D eigenvalue weighted by molar-refractivity contribution is -0.136. The summed E-state index contributed by atoms with van der Waals surface area (Å²) in [5, 5.41) is 5.21. The van der Waals surface area contributed by atoms with Crippen LogP contribution in [-0.2, 0) is 9.59 Å². The van der Waals surface area contributed by atoms with Crippen LogP contribution in [-0.4, -0.2) is 34.8 Å². The zero-order valence-corrected chi connectivity index (χ0v) is 14.4. The minimum atomic E-state index is -0.898. The van der Waals surface area contributed by atoms with E-state index in [2.05, 4.69) is 10.6 Å². The minimum Gasteiger partial charge on any atom is -0.323 e. The van der Waals surface area contributed by atoms with E-state index in [-0.39, 0.29) is 17.5 Å². The zero-order valence-electron chi connectivity index (χ0n) is 14.4. The first-order chi connectivity index (χ1) is 11.8. The molecule has 0 radical (unpaired) electrons. The third kappa shape index (κ3) is 3.10. The SMILES string of the molecule is Cc1ccc(NC(=O)CN2C(=O)N[C@]3(CCCC[C@@H]3C)C2=O)c(F)c1. The maximum Gasteiger partial charge on any atom is 0.325 e. The summed E-state index contributed by atoms with van der Waals surface area (Å²) in [7, 11) is 0. The van der Waals surface area contributed by atoms with Gasteiger partial charge in [0.1, 0.15) is 17.9 Å². The number of hydrogen-bond donors (Lipinski definition) is 2. The number of urea groups is 1. The van der Waals surface area contributed by atoms with Crippen LogP contribution >= 0.6 is 0 Å². The predicted octanol–water partition coefficient (Wildman–Crippen LogP) is 2.57. The van der Waals surface area contributed by atoms with Crippen LogP contribution in [0, 0.1) is 18.7 Å². The third-order valence-electron chi connectivity index (χ3n) is 5.20. The molecule has 1 heterocycles. The number of benzene rings is 1. The molecule has 0 bridgehead atoms. The second-order valence-corrected chi connectivity index (χ2v) is 6.97. The second-order valence-electron chi connectivity index (χ2n) is 6.97. The highest BCUT2D eigenvalue weighted by Crippen LogP contribution is 2.38. The van der Waals surface area contributed by atoms with E-state index in [0.717, 1.165) is 29.7 Å². The van der Waals surface area contributed by atoms with Crippen molar-refractivity contribution in [1.29, 1.82) is 0 Å². The van der Waals surface area contributed by atoms with Gasteiger partial charge in [0, 0.05) is 0 Å². The molecule has 6 nitrogen and oxygen atoms in total. The van der Waals surface area contributed by atoms with E-state index in [1.807, 2.05) is 6.92 Å². The van der Waals surface area contributed by atoms with Gasteiger partial charge in [-0.2, -0.15) is 0 Å². The number of rotatable bonds is 3. The average Bonchev–Trinajstić information content (AvgIpc) is 2.78. The predicted molar refractivity (Wildman–Crippen MR) is 90.4 cm³/mol. The molecule has 4 amide bonds. The van der Waals surface area contributed by atoms with Gasteiger partial charge in [-0.1, -0.05) is 25.8 Å². The normalized spacial score (nSPS) is 26.0. The molecule has 25 heavy (non-hydrogen) atoms. The van der Waals surface area contributed by atoms with Gasteiger partial charge in [0.15, 0.2) is 0 Å². The maximum atomic E-state index is 13.8. The highest BCUT2D eigenvalue weighted by Gasteiger charge is 2.55.